The second kappa shape index (κ2) is 7.56. The highest BCUT2D eigenvalue weighted by molar-refractivity contribution is 9.13. The minimum atomic E-state index is -0.285. The topological polar surface area (TPSA) is 45.4 Å². The van der Waals surface area contributed by atoms with Crippen LogP contribution in [0.1, 0.15) is 32.4 Å². The summed E-state index contributed by atoms with van der Waals surface area (Å²) >= 11 is 6.66. The molecule has 0 aliphatic rings. The predicted octanol–water partition coefficient (Wildman–Crippen LogP) is 3.69. The van der Waals surface area contributed by atoms with E-state index in [1.807, 2.05) is 6.07 Å². The average molecular weight is 369 g/mol. The minimum Gasteiger partial charge on any atom is -0.452 e. The summed E-state index contributed by atoms with van der Waals surface area (Å²) in [7, 11) is 0. The van der Waals surface area contributed by atoms with E-state index in [1.165, 1.54) is 0 Å². The first-order valence-electron chi connectivity index (χ1n) is 5.90. The van der Waals surface area contributed by atoms with Gasteiger partial charge in [-0.3, -0.25) is 0 Å². The van der Waals surface area contributed by atoms with E-state index in [4.69, 9.17) is 4.42 Å². The lowest BCUT2D eigenvalue weighted by atomic mass is 9.96. The van der Waals surface area contributed by atoms with Crippen LogP contribution in [0.4, 0.5) is 0 Å². The van der Waals surface area contributed by atoms with Crippen LogP contribution in [0.5, 0.6) is 0 Å². The fourth-order valence-corrected chi connectivity index (χ4v) is 2.48. The van der Waals surface area contributed by atoms with Gasteiger partial charge in [-0.1, -0.05) is 26.7 Å². The van der Waals surface area contributed by atoms with Gasteiger partial charge in [0.2, 0.25) is 0 Å². The standard InChI is InChI=1S/C12H19Br2NO2/c1-3-8(4-2)11(16)7-15-6-9-5-10(13)12(14)17-9/h5,8,11,15-16H,3-4,6-7H2,1-2H3. The zero-order chi connectivity index (χ0) is 12.8. The maximum atomic E-state index is 9.94. The van der Waals surface area contributed by atoms with E-state index < -0.39 is 0 Å². The molecule has 0 spiro atoms. The number of halogens is 2. The molecule has 17 heavy (non-hydrogen) atoms. The van der Waals surface area contributed by atoms with E-state index >= 15 is 0 Å². The molecule has 0 amide bonds. The molecule has 1 atom stereocenters. The van der Waals surface area contributed by atoms with Crippen molar-refractivity contribution in [1.82, 2.24) is 5.32 Å². The predicted molar refractivity (Wildman–Crippen MR) is 75.9 cm³/mol. The van der Waals surface area contributed by atoms with Crippen molar-refractivity contribution < 1.29 is 9.52 Å². The Kier molecular flexibility index (Phi) is 6.77. The summed E-state index contributed by atoms with van der Waals surface area (Å²) in [4.78, 5) is 0. The monoisotopic (exact) mass is 367 g/mol. The van der Waals surface area contributed by atoms with Crippen LogP contribution in [0.2, 0.25) is 0 Å². The Morgan fingerprint density at radius 3 is 2.47 bits per heavy atom. The molecule has 1 heterocycles. The van der Waals surface area contributed by atoms with Crippen LogP contribution in [0.25, 0.3) is 0 Å². The van der Waals surface area contributed by atoms with Gasteiger partial charge in [0.05, 0.1) is 17.1 Å². The Hall–Kier alpha value is 0.160. The van der Waals surface area contributed by atoms with Crippen molar-refractivity contribution in [2.45, 2.75) is 39.3 Å². The lowest BCUT2D eigenvalue weighted by molar-refractivity contribution is 0.101. The second-order valence-electron chi connectivity index (χ2n) is 4.11. The molecule has 0 radical (unpaired) electrons. The van der Waals surface area contributed by atoms with E-state index in [-0.39, 0.29) is 6.10 Å². The van der Waals surface area contributed by atoms with Gasteiger partial charge in [0.15, 0.2) is 4.67 Å². The van der Waals surface area contributed by atoms with Crippen LogP contribution in [0.15, 0.2) is 19.6 Å². The summed E-state index contributed by atoms with van der Waals surface area (Å²) in [6.07, 6.45) is 1.74. The Morgan fingerprint density at radius 2 is 2.00 bits per heavy atom. The van der Waals surface area contributed by atoms with Gasteiger partial charge in [0.1, 0.15) is 5.76 Å². The first-order chi connectivity index (χ1) is 8.08. The Labute approximate surface area is 119 Å². The molecule has 5 heteroatoms. The molecular weight excluding hydrogens is 350 g/mol. The molecule has 3 nitrogen and oxygen atoms in total. The van der Waals surface area contributed by atoms with Crippen molar-refractivity contribution in [3.8, 4) is 0 Å². The lowest BCUT2D eigenvalue weighted by Gasteiger charge is -2.20. The highest BCUT2D eigenvalue weighted by Gasteiger charge is 2.15. The molecule has 1 rings (SSSR count). The van der Waals surface area contributed by atoms with Gasteiger partial charge in [-0.15, -0.1) is 0 Å². The zero-order valence-electron chi connectivity index (χ0n) is 10.2. The molecule has 0 bridgehead atoms. The summed E-state index contributed by atoms with van der Waals surface area (Å²) in [6.45, 7) is 5.44. The van der Waals surface area contributed by atoms with Crippen LogP contribution < -0.4 is 5.32 Å². The number of aliphatic hydroxyl groups is 1. The van der Waals surface area contributed by atoms with E-state index in [0.29, 0.717) is 23.7 Å². The molecule has 98 valence electrons. The highest BCUT2D eigenvalue weighted by atomic mass is 79.9. The third-order valence-corrected chi connectivity index (χ3v) is 4.65. The SMILES string of the molecule is CCC(CC)C(O)CNCc1cc(Br)c(Br)o1. The maximum absolute atomic E-state index is 9.94. The fourth-order valence-electron chi connectivity index (χ4n) is 1.82. The summed E-state index contributed by atoms with van der Waals surface area (Å²) in [5.74, 6) is 1.22. The Morgan fingerprint density at radius 1 is 1.35 bits per heavy atom. The summed E-state index contributed by atoms with van der Waals surface area (Å²) in [5, 5.41) is 13.1. The van der Waals surface area contributed by atoms with Gasteiger partial charge in [-0.25, -0.2) is 0 Å². The minimum absolute atomic E-state index is 0.285. The lowest BCUT2D eigenvalue weighted by Crippen LogP contribution is -2.32. The van der Waals surface area contributed by atoms with Gasteiger partial charge in [-0.05, 0) is 43.8 Å². The molecule has 1 aromatic rings. The molecule has 0 aromatic carbocycles. The van der Waals surface area contributed by atoms with Crippen molar-refractivity contribution in [1.29, 1.82) is 0 Å². The largest absolute Gasteiger partial charge is 0.452 e. The number of rotatable bonds is 7. The van der Waals surface area contributed by atoms with Crippen LogP contribution in [-0.2, 0) is 6.54 Å². The first kappa shape index (κ1) is 15.2. The van der Waals surface area contributed by atoms with E-state index in [1.54, 1.807) is 0 Å². The molecule has 1 aromatic heterocycles. The first-order valence-corrected chi connectivity index (χ1v) is 7.49. The summed E-state index contributed by atoms with van der Waals surface area (Å²) < 4.78 is 7.05. The number of hydrogen-bond acceptors (Lipinski definition) is 3. The van der Waals surface area contributed by atoms with Crippen molar-refractivity contribution in [3.63, 3.8) is 0 Å². The molecule has 0 saturated carbocycles. The van der Waals surface area contributed by atoms with Gasteiger partial charge in [-0.2, -0.15) is 0 Å². The average Bonchev–Trinajstić information content (AvgIpc) is 2.60. The maximum Gasteiger partial charge on any atom is 0.183 e. The highest BCUT2D eigenvalue weighted by Crippen LogP contribution is 2.26. The molecular formula is C12H19Br2NO2. The normalized spacial score (nSPS) is 13.3. The zero-order valence-corrected chi connectivity index (χ0v) is 13.3. The van der Waals surface area contributed by atoms with Crippen LogP contribution in [-0.4, -0.2) is 17.8 Å². The summed E-state index contributed by atoms with van der Waals surface area (Å²) in [5.41, 5.74) is 0. The van der Waals surface area contributed by atoms with Crippen LogP contribution >= 0.6 is 31.9 Å². The number of hydrogen-bond donors (Lipinski definition) is 2. The molecule has 1 unspecified atom stereocenters. The van der Waals surface area contributed by atoms with Gasteiger partial charge in [0, 0.05) is 6.54 Å². The second-order valence-corrected chi connectivity index (χ2v) is 5.68. The van der Waals surface area contributed by atoms with Crippen molar-refractivity contribution in [3.05, 3.63) is 21.0 Å². The number of aliphatic hydroxyl groups excluding tert-OH is 1. The molecule has 0 aliphatic heterocycles. The van der Waals surface area contributed by atoms with Gasteiger partial charge in [0.25, 0.3) is 0 Å². The molecule has 0 saturated heterocycles. The third-order valence-electron chi connectivity index (χ3n) is 2.94. The molecule has 2 N–H and O–H groups in total. The van der Waals surface area contributed by atoms with Crippen molar-refractivity contribution in [2.75, 3.05) is 6.54 Å². The van der Waals surface area contributed by atoms with E-state index in [9.17, 15) is 5.11 Å². The van der Waals surface area contributed by atoms with Crippen LogP contribution in [0, 0.1) is 5.92 Å². The van der Waals surface area contributed by atoms with Crippen molar-refractivity contribution in [2.24, 2.45) is 5.92 Å². The quantitative estimate of drug-likeness (QED) is 0.771. The Balaban J connectivity index is 2.32. The Bertz CT molecular complexity index is 318. The van der Waals surface area contributed by atoms with Crippen LogP contribution in [0.3, 0.4) is 0 Å². The number of nitrogens with one attached hydrogen (secondary N) is 1. The third kappa shape index (κ3) is 4.73. The molecule has 0 aliphatic carbocycles. The van der Waals surface area contributed by atoms with E-state index in [0.717, 1.165) is 23.1 Å². The fraction of sp³-hybridized carbons (Fsp3) is 0.667. The van der Waals surface area contributed by atoms with Crippen molar-refractivity contribution >= 4 is 31.9 Å². The van der Waals surface area contributed by atoms with Gasteiger partial charge < -0.3 is 14.8 Å². The smallest absolute Gasteiger partial charge is 0.183 e. The molecule has 0 fully saturated rings. The summed E-state index contributed by atoms with van der Waals surface area (Å²) in [6, 6.07) is 1.92. The van der Waals surface area contributed by atoms with Gasteiger partial charge >= 0.3 is 0 Å². The number of furan rings is 1. The van der Waals surface area contributed by atoms with E-state index in [2.05, 4.69) is 51.0 Å².